The SMILES string of the molecule is CSC1(CNc2ccc(N)c(C#N)c2)CC1. The van der Waals surface area contributed by atoms with Crippen LogP contribution in [0, 0.1) is 11.3 Å². The minimum absolute atomic E-state index is 0.425. The highest BCUT2D eigenvalue weighted by molar-refractivity contribution is 8.00. The number of rotatable bonds is 4. The summed E-state index contributed by atoms with van der Waals surface area (Å²) in [6.07, 6.45) is 4.71. The lowest BCUT2D eigenvalue weighted by Crippen LogP contribution is -2.17. The van der Waals surface area contributed by atoms with Gasteiger partial charge in [-0.1, -0.05) is 0 Å². The van der Waals surface area contributed by atoms with Gasteiger partial charge in [-0.3, -0.25) is 0 Å². The van der Waals surface area contributed by atoms with Gasteiger partial charge in [0.15, 0.2) is 0 Å². The molecule has 0 amide bonds. The molecule has 0 bridgehead atoms. The molecule has 3 N–H and O–H groups in total. The Hall–Kier alpha value is -1.34. The van der Waals surface area contributed by atoms with E-state index in [0.29, 0.717) is 16.0 Å². The Balaban J connectivity index is 2.03. The molecule has 1 aromatic rings. The molecule has 0 aliphatic heterocycles. The van der Waals surface area contributed by atoms with E-state index in [2.05, 4.69) is 17.6 Å². The van der Waals surface area contributed by atoms with Crippen molar-refractivity contribution in [3.05, 3.63) is 23.8 Å². The quantitative estimate of drug-likeness (QED) is 0.784. The van der Waals surface area contributed by atoms with Crippen LogP contribution in [0.15, 0.2) is 18.2 Å². The second-order valence-corrected chi connectivity index (χ2v) is 5.43. The van der Waals surface area contributed by atoms with Gasteiger partial charge in [-0.2, -0.15) is 17.0 Å². The number of hydrogen-bond donors (Lipinski definition) is 2. The summed E-state index contributed by atoms with van der Waals surface area (Å²) in [7, 11) is 0. The number of nitrogens with zero attached hydrogens (tertiary/aromatic N) is 1. The molecule has 3 nitrogen and oxygen atoms in total. The molecule has 0 atom stereocenters. The lowest BCUT2D eigenvalue weighted by atomic mass is 10.2. The van der Waals surface area contributed by atoms with Crippen molar-refractivity contribution in [2.45, 2.75) is 17.6 Å². The van der Waals surface area contributed by atoms with E-state index in [1.54, 1.807) is 6.07 Å². The zero-order chi connectivity index (χ0) is 11.6. The summed E-state index contributed by atoms with van der Waals surface area (Å²) in [5, 5.41) is 12.2. The van der Waals surface area contributed by atoms with Gasteiger partial charge in [0.1, 0.15) is 6.07 Å². The molecule has 0 heterocycles. The first-order chi connectivity index (χ1) is 7.69. The highest BCUT2D eigenvalue weighted by atomic mass is 32.2. The Morgan fingerprint density at radius 1 is 1.56 bits per heavy atom. The number of thioether (sulfide) groups is 1. The van der Waals surface area contributed by atoms with Crippen molar-refractivity contribution < 1.29 is 0 Å². The van der Waals surface area contributed by atoms with Crippen molar-refractivity contribution in [1.82, 2.24) is 0 Å². The van der Waals surface area contributed by atoms with E-state index in [1.165, 1.54) is 12.8 Å². The van der Waals surface area contributed by atoms with Gasteiger partial charge in [0.25, 0.3) is 0 Å². The molecular weight excluding hydrogens is 218 g/mol. The fourth-order valence-electron chi connectivity index (χ4n) is 1.62. The summed E-state index contributed by atoms with van der Waals surface area (Å²) in [5.74, 6) is 0. The summed E-state index contributed by atoms with van der Waals surface area (Å²) in [6, 6.07) is 7.60. The fourth-order valence-corrected chi connectivity index (χ4v) is 2.35. The van der Waals surface area contributed by atoms with Crippen LogP contribution in [0.1, 0.15) is 18.4 Å². The number of nitrogens with one attached hydrogen (secondary N) is 1. The number of nitrogen functional groups attached to an aromatic ring is 1. The number of nitrogens with two attached hydrogens (primary N) is 1. The topological polar surface area (TPSA) is 61.8 Å². The van der Waals surface area contributed by atoms with Gasteiger partial charge in [-0.25, -0.2) is 0 Å². The smallest absolute Gasteiger partial charge is 0.101 e. The van der Waals surface area contributed by atoms with Crippen LogP contribution in [-0.2, 0) is 0 Å². The molecule has 84 valence electrons. The maximum Gasteiger partial charge on any atom is 0.101 e. The Kier molecular flexibility index (Phi) is 2.97. The lowest BCUT2D eigenvalue weighted by Gasteiger charge is -2.14. The van der Waals surface area contributed by atoms with Gasteiger partial charge in [0.2, 0.25) is 0 Å². The van der Waals surface area contributed by atoms with Crippen LogP contribution in [0.5, 0.6) is 0 Å². The van der Waals surface area contributed by atoms with Gasteiger partial charge in [0.05, 0.1) is 5.56 Å². The largest absolute Gasteiger partial charge is 0.398 e. The van der Waals surface area contributed by atoms with Gasteiger partial charge < -0.3 is 11.1 Å². The van der Waals surface area contributed by atoms with Crippen LogP contribution in [-0.4, -0.2) is 17.5 Å². The summed E-state index contributed by atoms with van der Waals surface area (Å²) in [6.45, 7) is 0.961. The van der Waals surface area contributed by atoms with Crippen LogP contribution >= 0.6 is 11.8 Å². The molecule has 1 saturated carbocycles. The van der Waals surface area contributed by atoms with Crippen LogP contribution in [0.25, 0.3) is 0 Å². The molecule has 2 rings (SSSR count). The Morgan fingerprint density at radius 2 is 2.31 bits per heavy atom. The molecule has 0 saturated heterocycles. The highest BCUT2D eigenvalue weighted by Crippen LogP contribution is 2.47. The summed E-state index contributed by atoms with van der Waals surface area (Å²) in [5.41, 5.74) is 7.73. The van der Waals surface area contributed by atoms with Crippen LogP contribution in [0.3, 0.4) is 0 Å². The molecule has 1 aliphatic carbocycles. The van der Waals surface area contributed by atoms with Gasteiger partial charge >= 0.3 is 0 Å². The van der Waals surface area contributed by atoms with Crippen LogP contribution < -0.4 is 11.1 Å². The van der Waals surface area contributed by atoms with E-state index in [1.807, 2.05) is 23.9 Å². The van der Waals surface area contributed by atoms with E-state index in [9.17, 15) is 0 Å². The summed E-state index contributed by atoms with van der Waals surface area (Å²) < 4.78 is 0.425. The Morgan fingerprint density at radius 3 is 2.88 bits per heavy atom. The van der Waals surface area contributed by atoms with E-state index < -0.39 is 0 Å². The van der Waals surface area contributed by atoms with E-state index in [0.717, 1.165) is 12.2 Å². The summed E-state index contributed by atoms with van der Waals surface area (Å²) >= 11 is 1.92. The zero-order valence-corrected chi connectivity index (χ0v) is 10.1. The van der Waals surface area contributed by atoms with E-state index in [4.69, 9.17) is 11.0 Å². The average molecular weight is 233 g/mol. The molecule has 1 aliphatic rings. The third-order valence-corrected chi connectivity index (χ3v) is 4.45. The Labute approximate surface area is 100 Å². The van der Waals surface area contributed by atoms with Crippen molar-refractivity contribution in [2.75, 3.05) is 23.9 Å². The predicted octanol–water partition coefficient (Wildman–Crippen LogP) is 2.45. The molecule has 4 heteroatoms. The number of anilines is 2. The maximum atomic E-state index is 8.87. The first-order valence-electron chi connectivity index (χ1n) is 5.28. The molecular formula is C12H15N3S. The average Bonchev–Trinajstić information content (AvgIpc) is 3.09. The molecule has 1 aromatic carbocycles. The second kappa shape index (κ2) is 4.26. The molecule has 16 heavy (non-hydrogen) atoms. The minimum Gasteiger partial charge on any atom is -0.398 e. The van der Waals surface area contributed by atoms with Gasteiger partial charge in [0, 0.05) is 22.7 Å². The first kappa shape index (κ1) is 11.2. The van der Waals surface area contributed by atoms with Crippen molar-refractivity contribution >= 4 is 23.1 Å². The number of nitriles is 1. The third-order valence-electron chi connectivity index (χ3n) is 3.03. The molecule has 0 spiro atoms. The highest BCUT2D eigenvalue weighted by Gasteiger charge is 2.41. The minimum atomic E-state index is 0.425. The predicted molar refractivity (Wildman–Crippen MR) is 69.5 cm³/mol. The first-order valence-corrected chi connectivity index (χ1v) is 6.50. The maximum absolute atomic E-state index is 8.87. The Bertz CT molecular complexity index is 432. The van der Waals surface area contributed by atoms with Crippen molar-refractivity contribution in [1.29, 1.82) is 5.26 Å². The standard InChI is InChI=1S/C12H15N3S/c1-16-12(4-5-12)8-15-10-2-3-11(14)9(6-10)7-13/h2-3,6,15H,4-5,8,14H2,1H3. The van der Waals surface area contributed by atoms with Crippen LogP contribution in [0.2, 0.25) is 0 Å². The van der Waals surface area contributed by atoms with Gasteiger partial charge in [-0.15, -0.1) is 0 Å². The number of benzene rings is 1. The van der Waals surface area contributed by atoms with Crippen LogP contribution in [0.4, 0.5) is 11.4 Å². The monoisotopic (exact) mass is 233 g/mol. The van der Waals surface area contributed by atoms with Crippen molar-refractivity contribution in [2.24, 2.45) is 0 Å². The van der Waals surface area contributed by atoms with E-state index >= 15 is 0 Å². The number of hydrogen-bond acceptors (Lipinski definition) is 4. The molecule has 0 aromatic heterocycles. The molecule has 1 fully saturated rings. The molecule has 0 radical (unpaired) electrons. The second-order valence-electron chi connectivity index (χ2n) is 4.15. The normalized spacial score (nSPS) is 16.5. The van der Waals surface area contributed by atoms with Gasteiger partial charge in [-0.05, 0) is 37.3 Å². The summed E-state index contributed by atoms with van der Waals surface area (Å²) in [4.78, 5) is 0. The van der Waals surface area contributed by atoms with E-state index in [-0.39, 0.29) is 0 Å². The van der Waals surface area contributed by atoms with Crippen molar-refractivity contribution in [3.8, 4) is 6.07 Å². The fraction of sp³-hybridized carbons (Fsp3) is 0.417. The lowest BCUT2D eigenvalue weighted by molar-refractivity contribution is 0.949. The molecule has 0 unspecified atom stereocenters. The zero-order valence-electron chi connectivity index (χ0n) is 9.29. The third kappa shape index (κ3) is 2.25. The van der Waals surface area contributed by atoms with Crippen molar-refractivity contribution in [3.63, 3.8) is 0 Å².